The van der Waals surface area contributed by atoms with Gasteiger partial charge in [0.15, 0.2) is 0 Å². The van der Waals surface area contributed by atoms with E-state index in [1.807, 2.05) is 19.9 Å². The first-order chi connectivity index (χ1) is 11.4. The summed E-state index contributed by atoms with van der Waals surface area (Å²) in [5.74, 6) is 1.47. The maximum Gasteiger partial charge on any atom is 0.249 e. The average molecular weight is 334 g/mol. The maximum absolute atomic E-state index is 12.8. The molecule has 132 valence electrons. The van der Waals surface area contributed by atoms with Crippen molar-refractivity contribution in [1.82, 2.24) is 4.90 Å². The van der Waals surface area contributed by atoms with Crippen molar-refractivity contribution in [1.29, 1.82) is 0 Å². The molecule has 1 aliphatic heterocycles. The molecule has 0 bridgehead atoms. The summed E-state index contributed by atoms with van der Waals surface area (Å²) in [6.45, 7) is 6.76. The Morgan fingerprint density at radius 2 is 1.96 bits per heavy atom. The number of nitrogens with zero attached hydrogens (tertiary/aromatic N) is 2. The van der Waals surface area contributed by atoms with Crippen molar-refractivity contribution in [2.24, 2.45) is 5.92 Å². The van der Waals surface area contributed by atoms with E-state index in [0.717, 1.165) is 0 Å². The van der Waals surface area contributed by atoms with Crippen LogP contribution >= 0.6 is 0 Å². The van der Waals surface area contributed by atoms with Crippen LogP contribution in [0.4, 0.5) is 5.69 Å². The predicted molar refractivity (Wildman–Crippen MR) is 92.5 cm³/mol. The van der Waals surface area contributed by atoms with Gasteiger partial charge in [0.25, 0.3) is 0 Å². The van der Waals surface area contributed by atoms with Crippen molar-refractivity contribution in [3.05, 3.63) is 18.2 Å². The Balaban J connectivity index is 2.21. The molecule has 0 N–H and O–H groups in total. The third-order valence-corrected chi connectivity index (χ3v) is 4.24. The first-order valence-corrected chi connectivity index (χ1v) is 8.22. The zero-order valence-corrected chi connectivity index (χ0v) is 15.0. The molecule has 2 amide bonds. The van der Waals surface area contributed by atoms with E-state index in [0.29, 0.717) is 36.7 Å². The number of carbonyl (C=O) groups excluding carboxylic acids is 2. The van der Waals surface area contributed by atoms with Gasteiger partial charge in [-0.25, -0.2) is 0 Å². The standard InChI is InChI=1S/C18H26N2O4/c1-12(2)10-17(21)19-8-9-20(18(22)13(19)3)15-7-6-14(23-4)11-16(15)24-5/h6-7,11-13H,8-10H2,1-5H3/t13-/m1/s1. The number of benzene rings is 1. The second-order valence-electron chi connectivity index (χ2n) is 6.39. The normalized spacial score (nSPS) is 18.1. The van der Waals surface area contributed by atoms with Gasteiger partial charge in [0.1, 0.15) is 17.5 Å². The summed E-state index contributed by atoms with van der Waals surface area (Å²) in [6, 6.07) is 4.89. The molecule has 0 aromatic heterocycles. The van der Waals surface area contributed by atoms with E-state index in [4.69, 9.17) is 9.47 Å². The Morgan fingerprint density at radius 3 is 2.54 bits per heavy atom. The molecule has 0 radical (unpaired) electrons. The molecule has 24 heavy (non-hydrogen) atoms. The van der Waals surface area contributed by atoms with E-state index >= 15 is 0 Å². The maximum atomic E-state index is 12.8. The van der Waals surface area contributed by atoms with E-state index in [-0.39, 0.29) is 17.7 Å². The van der Waals surface area contributed by atoms with Gasteiger partial charge in [-0.2, -0.15) is 0 Å². The molecular formula is C18H26N2O4. The highest BCUT2D eigenvalue weighted by Gasteiger charge is 2.35. The van der Waals surface area contributed by atoms with Gasteiger partial charge in [-0.1, -0.05) is 13.8 Å². The number of methoxy groups -OCH3 is 2. The van der Waals surface area contributed by atoms with Crippen molar-refractivity contribution >= 4 is 17.5 Å². The molecule has 1 atom stereocenters. The molecule has 6 nitrogen and oxygen atoms in total. The zero-order chi connectivity index (χ0) is 17.9. The Hall–Kier alpha value is -2.24. The fourth-order valence-electron chi connectivity index (χ4n) is 2.92. The third kappa shape index (κ3) is 3.63. The molecule has 0 aliphatic carbocycles. The topological polar surface area (TPSA) is 59.1 Å². The van der Waals surface area contributed by atoms with Crippen molar-refractivity contribution in [3.8, 4) is 11.5 Å². The minimum Gasteiger partial charge on any atom is -0.497 e. The molecule has 0 unspecified atom stereocenters. The highest BCUT2D eigenvalue weighted by molar-refractivity contribution is 6.01. The summed E-state index contributed by atoms with van der Waals surface area (Å²) in [4.78, 5) is 28.5. The largest absolute Gasteiger partial charge is 0.497 e. The van der Waals surface area contributed by atoms with Gasteiger partial charge in [0.05, 0.1) is 19.9 Å². The molecule has 6 heteroatoms. The monoisotopic (exact) mass is 334 g/mol. The number of carbonyl (C=O) groups is 2. The summed E-state index contributed by atoms with van der Waals surface area (Å²) < 4.78 is 10.6. The van der Waals surface area contributed by atoms with Crippen molar-refractivity contribution in [2.75, 3.05) is 32.2 Å². The van der Waals surface area contributed by atoms with Gasteiger partial charge in [0, 0.05) is 25.6 Å². The van der Waals surface area contributed by atoms with Gasteiger partial charge >= 0.3 is 0 Å². The van der Waals surface area contributed by atoms with Crippen LogP contribution in [0, 0.1) is 5.92 Å². The molecular weight excluding hydrogens is 308 g/mol. The second-order valence-corrected chi connectivity index (χ2v) is 6.39. The molecule has 0 spiro atoms. The van der Waals surface area contributed by atoms with Crippen LogP contribution in [-0.4, -0.2) is 50.1 Å². The van der Waals surface area contributed by atoms with E-state index in [9.17, 15) is 9.59 Å². The quantitative estimate of drug-likeness (QED) is 0.829. The zero-order valence-electron chi connectivity index (χ0n) is 15.0. The minimum absolute atomic E-state index is 0.0344. The Labute approximate surface area is 143 Å². The molecule has 1 aromatic carbocycles. The second kappa shape index (κ2) is 7.55. The third-order valence-electron chi connectivity index (χ3n) is 4.24. The number of amides is 2. The minimum atomic E-state index is -0.475. The van der Waals surface area contributed by atoms with E-state index in [1.165, 1.54) is 0 Å². The molecule has 1 fully saturated rings. The van der Waals surface area contributed by atoms with E-state index in [1.54, 1.807) is 43.1 Å². The lowest BCUT2D eigenvalue weighted by Gasteiger charge is -2.39. The average Bonchev–Trinajstić information content (AvgIpc) is 2.56. The highest BCUT2D eigenvalue weighted by Crippen LogP contribution is 2.34. The number of hydrogen-bond donors (Lipinski definition) is 0. The molecule has 0 saturated carbocycles. The summed E-state index contributed by atoms with van der Waals surface area (Å²) >= 11 is 0. The van der Waals surface area contributed by atoms with Crippen LogP contribution < -0.4 is 14.4 Å². The summed E-state index contributed by atoms with van der Waals surface area (Å²) in [6.07, 6.45) is 0.462. The molecule has 1 aromatic rings. The summed E-state index contributed by atoms with van der Waals surface area (Å²) in [7, 11) is 3.15. The van der Waals surface area contributed by atoms with Crippen LogP contribution in [0.5, 0.6) is 11.5 Å². The lowest BCUT2D eigenvalue weighted by Crippen LogP contribution is -2.58. The van der Waals surface area contributed by atoms with Crippen LogP contribution in [0.25, 0.3) is 0 Å². The number of rotatable bonds is 5. The molecule has 1 aliphatic rings. The smallest absolute Gasteiger partial charge is 0.249 e. The Morgan fingerprint density at radius 1 is 1.25 bits per heavy atom. The van der Waals surface area contributed by atoms with Crippen LogP contribution in [-0.2, 0) is 9.59 Å². The molecule has 1 saturated heterocycles. The van der Waals surface area contributed by atoms with Crippen molar-refractivity contribution in [2.45, 2.75) is 33.2 Å². The first kappa shape index (κ1) is 18.1. The Kier molecular flexibility index (Phi) is 5.70. The highest BCUT2D eigenvalue weighted by atomic mass is 16.5. The predicted octanol–water partition coefficient (Wildman–Crippen LogP) is 2.31. The lowest BCUT2D eigenvalue weighted by molar-refractivity contribution is -0.141. The van der Waals surface area contributed by atoms with Gasteiger partial charge in [-0.05, 0) is 25.0 Å². The van der Waals surface area contributed by atoms with E-state index < -0.39 is 6.04 Å². The fourth-order valence-corrected chi connectivity index (χ4v) is 2.92. The summed E-state index contributed by atoms with van der Waals surface area (Å²) in [5, 5.41) is 0. The molecule has 2 rings (SSSR count). The summed E-state index contributed by atoms with van der Waals surface area (Å²) in [5.41, 5.74) is 0.700. The Bertz CT molecular complexity index is 615. The van der Waals surface area contributed by atoms with Crippen LogP contribution in [0.15, 0.2) is 18.2 Å². The van der Waals surface area contributed by atoms with Crippen LogP contribution in [0.1, 0.15) is 27.2 Å². The SMILES string of the molecule is COc1ccc(N2CCN(C(=O)CC(C)C)[C@H](C)C2=O)c(OC)c1. The van der Waals surface area contributed by atoms with Gasteiger partial charge < -0.3 is 19.3 Å². The fraction of sp³-hybridized carbons (Fsp3) is 0.556. The van der Waals surface area contributed by atoms with Crippen molar-refractivity contribution in [3.63, 3.8) is 0 Å². The lowest BCUT2D eigenvalue weighted by atomic mass is 10.1. The van der Waals surface area contributed by atoms with Gasteiger partial charge in [0.2, 0.25) is 11.8 Å². The van der Waals surface area contributed by atoms with E-state index in [2.05, 4.69) is 0 Å². The van der Waals surface area contributed by atoms with Gasteiger partial charge in [-0.3, -0.25) is 9.59 Å². The number of hydrogen-bond acceptors (Lipinski definition) is 4. The molecule has 1 heterocycles. The van der Waals surface area contributed by atoms with Crippen LogP contribution in [0.2, 0.25) is 0 Å². The first-order valence-electron chi connectivity index (χ1n) is 8.22. The van der Waals surface area contributed by atoms with Gasteiger partial charge in [-0.15, -0.1) is 0 Å². The number of piperazine rings is 1. The van der Waals surface area contributed by atoms with Crippen LogP contribution in [0.3, 0.4) is 0 Å². The number of anilines is 1. The van der Waals surface area contributed by atoms with Crippen molar-refractivity contribution < 1.29 is 19.1 Å². The number of ether oxygens (including phenoxy) is 2.